The highest BCUT2D eigenvalue weighted by atomic mass is 16.2. The molecule has 0 radical (unpaired) electrons. The second-order valence-electron chi connectivity index (χ2n) is 9.26. The lowest BCUT2D eigenvalue weighted by Gasteiger charge is -2.44. The maximum Gasteiger partial charge on any atom is 0.222 e. The summed E-state index contributed by atoms with van der Waals surface area (Å²) in [5, 5.41) is 0. The molecule has 1 aromatic rings. The fraction of sp³-hybridized carbons (Fsp3) is 0.696. The Balaban J connectivity index is 1.28. The van der Waals surface area contributed by atoms with E-state index in [1.165, 1.54) is 30.5 Å². The van der Waals surface area contributed by atoms with Crippen LogP contribution in [0.1, 0.15) is 51.0 Å². The number of carbonyl (C=O) groups excluding carboxylic acids is 1. The van der Waals surface area contributed by atoms with E-state index in [4.69, 9.17) is 0 Å². The molecule has 2 heterocycles. The van der Waals surface area contributed by atoms with Crippen LogP contribution in [-0.2, 0) is 4.79 Å². The molecule has 0 spiro atoms. The first kappa shape index (κ1) is 18.8. The van der Waals surface area contributed by atoms with Gasteiger partial charge in [-0.05, 0) is 56.1 Å². The first-order valence-electron chi connectivity index (χ1n) is 10.9. The number of benzene rings is 1. The average molecular weight is 370 g/mol. The molecule has 2 aliphatic heterocycles. The predicted octanol–water partition coefficient (Wildman–Crippen LogP) is 3.69. The fourth-order valence-electron chi connectivity index (χ4n) is 4.76. The predicted molar refractivity (Wildman–Crippen MR) is 111 cm³/mol. The Bertz CT molecular complexity index is 661. The minimum absolute atomic E-state index is 0.395. The highest BCUT2D eigenvalue weighted by Gasteiger charge is 2.38. The number of piperidine rings is 1. The second kappa shape index (κ2) is 7.83. The minimum Gasteiger partial charge on any atom is -0.369 e. The molecule has 0 unspecified atom stereocenters. The van der Waals surface area contributed by atoms with E-state index in [1.54, 1.807) is 0 Å². The molecular formula is C23H35N3O. The molecular weight excluding hydrogens is 334 g/mol. The average Bonchev–Trinajstić information content (AvgIpc) is 3.44. The van der Waals surface area contributed by atoms with Gasteiger partial charge in [0.25, 0.3) is 0 Å². The third kappa shape index (κ3) is 4.48. The number of rotatable bonds is 5. The zero-order valence-electron chi connectivity index (χ0n) is 17.1. The molecule has 1 aromatic carbocycles. The first-order chi connectivity index (χ1) is 13.0. The Labute approximate surface area is 164 Å². The number of likely N-dealkylation sites (tertiary alicyclic amines) is 1. The summed E-state index contributed by atoms with van der Waals surface area (Å²) < 4.78 is 0. The zero-order valence-corrected chi connectivity index (χ0v) is 17.1. The summed E-state index contributed by atoms with van der Waals surface area (Å²) in [4.78, 5) is 20.0. The molecule has 1 atom stereocenters. The maximum atomic E-state index is 12.7. The summed E-state index contributed by atoms with van der Waals surface area (Å²) in [5.41, 5.74) is 3.23. The van der Waals surface area contributed by atoms with Crippen LogP contribution >= 0.6 is 0 Å². The van der Waals surface area contributed by atoms with Crippen LogP contribution in [0.5, 0.6) is 0 Å². The van der Waals surface area contributed by atoms with Crippen LogP contribution in [0.25, 0.3) is 0 Å². The van der Waals surface area contributed by atoms with E-state index in [-0.39, 0.29) is 0 Å². The molecule has 4 rings (SSSR count). The summed E-state index contributed by atoms with van der Waals surface area (Å²) in [6.45, 7) is 10.8. The number of carbonyl (C=O) groups is 1. The van der Waals surface area contributed by atoms with E-state index < -0.39 is 0 Å². The molecule has 4 nitrogen and oxygen atoms in total. The van der Waals surface area contributed by atoms with Gasteiger partial charge in [-0.3, -0.25) is 9.69 Å². The normalized spacial score (nSPS) is 25.5. The summed E-state index contributed by atoms with van der Waals surface area (Å²) >= 11 is 0. The van der Waals surface area contributed by atoms with Gasteiger partial charge in [0.1, 0.15) is 0 Å². The highest BCUT2D eigenvalue weighted by Crippen LogP contribution is 2.49. The van der Waals surface area contributed by atoms with E-state index in [0.29, 0.717) is 17.4 Å². The van der Waals surface area contributed by atoms with Crippen molar-refractivity contribution in [2.45, 2.75) is 58.4 Å². The molecule has 148 valence electrons. The number of para-hydroxylation sites is 1. The van der Waals surface area contributed by atoms with Crippen LogP contribution in [0.2, 0.25) is 0 Å². The van der Waals surface area contributed by atoms with Gasteiger partial charge in [0.15, 0.2) is 0 Å². The Kier molecular flexibility index (Phi) is 5.45. The van der Waals surface area contributed by atoms with Crippen LogP contribution in [0.4, 0.5) is 5.69 Å². The van der Waals surface area contributed by atoms with Gasteiger partial charge < -0.3 is 9.80 Å². The highest BCUT2D eigenvalue weighted by molar-refractivity contribution is 5.76. The van der Waals surface area contributed by atoms with Gasteiger partial charge >= 0.3 is 0 Å². The first-order valence-corrected chi connectivity index (χ1v) is 10.9. The number of nitrogens with zero attached hydrogens (tertiary/aromatic N) is 3. The Morgan fingerprint density at radius 1 is 1.11 bits per heavy atom. The van der Waals surface area contributed by atoms with Crippen molar-refractivity contribution in [2.75, 3.05) is 44.2 Å². The van der Waals surface area contributed by atoms with Crippen molar-refractivity contribution in [1.82, 2.24) is 9.80 Å². The third-order valence-electron chi connectivity index (χ3n) is 7.08. The van der Waals surface area contributed by atoms with Crippen LogP contribution < -0.4 is 4.90 Å². The number of hydrogen-bond donors (Lipinski definition) is 0. The molecule has 0 N–H and O–H groups in total. The van der Waals surface area contributed by atoms with E-state index >= 15 is 0 Å². The Morgan fingerprint density at radius 3 is 2.56 bits per heavy atom. The summed E-state index contributed by atoms with van der Waals surface area (Å²) in [6.07, 6.45) is 6.87. The van der Waals surface area contributed by atoms with Crippen molar-refractivity contribution in [3.8, 4) is 0 Å². The third-order valence-corrected chi connectivity index (χ3v) is 7.08. The summed E-state index contributed by atoms with van der Waals surface area (Å²) in [5.74, 6) is 0.395. The molecule has 4 heteroatoms. The molecule has 1 amide bonds. The summed E-state index contributed by atoms with van der Waals surface area (Å²) in [7, 11) is 0. The molecule has 3 aliphatic rings. The SMILES string of the molecule is Cc1ccccc1N1CCN([C@H]2CCCN(C(=O)CCC3(C)CC3)C2)CC1. The zero-order chi connectivity index (χ0) is 18.9. The van der Waals surface area contributed by atoms with E-state index in [2.05, 4.69) is 52.8 Å². The van der Waals surface area contributed by atoms with Crippen molar-refractivity contribution < 1.29 is 4.79 Å². The summed E-state index contributed by atoms with van der Waals surface area (Å²) in [6, 6.07) is 9.26. The van der Waals surface area contributed by atoms with Crippen molar-refractivity contribution >= 4 is 11.6 Å². The van der Waals surface area contributed by atoms with E-state index in [1.807, 2.05) is 0 Å². The number of aryl methyl sites for hydroxylation is 1. The quantitative estimate of drug-likeness (QED) is 0.792. The molecule has 1 aliphatic carbocycles. The van der Waals surface area contributed by atoms with Gasteiger partial charge in [0, 0.05) is 57.4 Å². The van der Waals surface area contributed by atoms with Crippen molar-refractivity contribution in [1.29, 1.82) is 0 Å². The smallest absolute Gasteiger partial charge is 0.222 e. The Hall–Kier alpha value is -1.55. The molecule has 0 aromatic heterocycles. The van der Waals surface area contributed by atoms with Crippen LogP contribution in [0.3, 0.4) is 0 Å². The van der Waals surface area contributed by atoms with E-state index in [0.717, 1.165) is 58.5 Å². The molecule has 3 fully saturated rings. The molecule has 0 bridgehead atoms. The van der Waals surface area contributed by atoms with Crippen molar-refractivity contribution in [3.05, 3.63) is 29.8 Å². The second-order valence-corrected chi connectivity index (χ2v) is 9.26. The van der Waals surface area contributed by atoms with Crippen molar-refractivity contribution in [3.63, 3.8) is 0 Å². The number of anilines is 1. The fourth-order valence-corrected chi connectivity index (χ4v) is 4.76. The topological polar surface area (TPSA) is 26.8 Å². The molecule has 27 heavy (non-hydrogen) atoms. The van der Waals surface area contributed by atoms with Crippen LogP contribution in [-0.4, -0.2) is 61.0 Å². The van der Waals surface area contributed by atoms with E-state index in [9.17, 15) is 4.79 Å². The number of hydrogen-bond acceptors (Lipinski definition) is 3. The van der Waals surface area contributed by atoms with Crippen LogP contribution in [0, 0.1) is 12.3 Å². The lowest BCUT2D eigenvalue weighted by atomic mass is 10.00. The lowest BCUT2D eigenvalue weighted by Crippen LogP contribution is -2.56. The number of piperazine rings is 1. The number of amides is 1. The largest absolute Gasteiger partial charge is 0.369 e. The Morgan fingerprint density at radius 2 is 1.85 bits per heavy atom. The molecule has 2 saturated heterocycles. The van der Waals surface area contributed by atoms with Gasteiger partial charge in [-0.1, -0.05) is 25.1 Å². The minimum atomic E-state index is 0.395. The van der Waals surface area contributed by atoms with Crippen LogP contribution in [0.15, 0.2) is 24.3 Å². The van der Waals surface area contributed by atoms with Gasteiger partial charge in [-0.2, -0.15) is 0 Å². The van der Waals surface area contributed by atoms with Gasteiger partial charge in [0.2, 0.25) is 5.91 Å². The van der Waals surface area contributed by atoms with Gasteiger partial charge in [-0.15, -0.1) is 0 Å². The standard InChI is InChI=1S/C23H35N3O/c1-19-6-3-4-8-21(19)25-16-14-24(15-17-25)20-7-5-13-26(18-20)22(27)9-10-23(2)11-12-23/h3-4,6,8,20H,5,7,9-18H2,1-2H3/t20-/m0/s1. The lowest BCUT2D eigenvalue weighted by molar-refractivity contribution is -0.133. The monoisotopic (exact) mass is 369 g/mol. The van der Waals surface area contributed by atoms with Crippen molar-refractivity contribution in [2.24, 2.45) is 5.41 Å². The van der Waals surface area contributed by atoms with Gasteiger partial charge in [0.05, 0.1) is 0 Å². The van der Waals surface area contributed by atoms with Gasteiger partial charge in [-0.25, -0.2) is 0 Å². The molecule has 1 saturated carbocycles. The maximum absolute atomic E-state index is 12.7.